The zero-order valence-corrected chi connectivity index (χ0v) is 23.8. The number of Topliss-reactive ketones (excluding diaryl/α,β-unsaturated/α-hetero) is 1. The second kappa shape index (κ2) is 10.7. The highest BCUT2D eigenvalue weighted by Crippen LogP contribution is 2.59. The van der Waals surface area contributed by atoms with Crippen LogP contribution in [0.4, 0.5) is 0 Å². The molecule has 7 atom stereocenters. The van der Waals surface area contributed by atoms with Crippen LogP contribution < -0.4 is 4.74 Å². The molecule has 0 amide bonds. The van der Waals surface area contributed by atoms with E-state index in [9.17, 15) is 29.4 Å². The highest BCUT2D eigenvalue weighted by atomic mass is 16.6. The van der Waals surface area contributed by atoms with Gasteiger partial charge in [-0.2, -0.15) is 0 Å². The van der Waals surface area contributed by atoms with Crippen LogP contribution in [0.25, 0.3) is 0 Å². The number of esters is 3. The number of aliphatic hydroxyl groups is 2. The molecule has 1 aliphatic heterocycles. The number of aliphatic hydroxyl groups excluding tert-OH is 1. The molecule has 2 fully saturated rings. The minimum absolute atomic E-state index is 0.0557. The maximum absolute atomic E-state index is 14.7. The fourth-order valence-corrected chi connectivity index (χ4v) is 6.95. The molecule has 1 aromatic carbocycles. The average molecular weight is 559 g/mol. The molecule has 218 valence electrons. The molecule has 10 nitrogen and oxygen atoms in total. The molecular weight excluding hydrogens is 520 g/mol. The minimum atomic E-state index is -1.77. The van der Waals surface area contributed by atoms with Crippen molar-refractivity contribution >= 4 is 23.7 Å². The summed E-state index contributed by atoms with van der Waals surface area (Å²) in [5, 5.41) is 22.8. The molecule has 1 saturated carbocycles. The number of para-hydroxylation sites is 1. The lowest BCUT2D eigenvalue weighted by atomic mass is 9.50. The molecular formula is C30H38O10. The third-order valence-electron chi connectivity index (χ3n) is 8.62. The fourth-order valence-electron chi connectivity index (χ4n) is 6.95. The second-order valence-corrected chi connectivity index (χ2v) is 11.8. The summed E-state index contributed by atoms with van der Waals surface area (Å²) in [5.41, 5.74) is -4.01. The van der Waals surface area contributed by atoms with E-state index in [1.54, 1.807) is 37.3 Å². The van der Waals surface area contributed by atoms with E-state index in [1.165, 1.54) is 27.7 Å². The summed E-state index contributed by atoms with van der Waals surface area (Å²) < 4.78 is 23.0. The Kier molecular flexibility index (Phi) is 8.01. The topological polar surface area (TPSA) is 146 Å². The van der Waals surface area contributed by atoms with E-state index in [0.717, 1.165) is 6.92 Å². The van der Waals surface area contributed by atoms with Crippen LogP contribution in [0.1, 0.15) is 60.8 Å². The lowest BCUT2D eigenvalue weighted by Gasteiger charge is -2.63. The van der Waals surface area contributed by atoms with Crippen LogP contribution in [0, 0.1) is 17.3 Å². The van der Waals surface area contributed by atoms with Crippen LogP contribution in [0.3, 0.4) is 0 Å². The van der Waals surface area contributed by atoms with E-state index in [0.29, 0.717) is 11.3 Å². The van der Waals surface area contributed by atoms with Crippen molar-refractivity contribution in [1.82, 2.24) is 0 Å². The minimum Gasteiger partial charge on any atom is -0.454 e. The Morgan fingerprint density at radius 3 is 2.27 bits per heavy atom. The van der Waals surface area contributed by atoms with E-state index < -0.39 is 70.5 Å². The largest absolute Gasteiger partial charge is 0.454 e. The number of ether oxygens (including phenoxy) is 4. The number of benzene rings is 1. The zero-order valence-electron chi connectivity index (χ0n) is 23.8. The van der Waals surface area contributed by atoms with Crippen LogP contribution in [0.5, 0.6) is 5.75 Å². The number of hydrogen-bond donors (Lipinski definition) is 2. The van der Waals surface area contributed by atoms with Crippen molar-refractivity contribution in [3.63, 3.8) is 0 Å². The number of fused-ring (bicyclic) bond motifs is 3. The highest BCUT2D eigenvalue weighted by molar-refractivity contribution is 5.95. The molecule has 40 heavy (non-hydrogen) atoms. The third kappa shape index (κ3) is 5.08. The molecule has 1 heterocycles. The molecule has 1 aromatic rings. The molecule has 2 N–H and O–H groups in total. The normalized spacial score (nSPS) is 34.2. The smallest absolute Gasteiger partial charge is 0.314 e. The highest BCUT2D eigenvalue weighted by Gasteiger charge is 2.73. The van der Waals surface area contributed by atoms with Gasteiger partial charge in [0, 0.05) is 31.8 Å². The molecule has 1 saturated heterocycles. The van der Waals surface area contributed by atoms with Crippen LogP contribution in [-0.4, -0.2) is 70.0 Å². The van der Waals surface area contributed by atoms with Gasteiger partial charge >= 0.3 is 17.9 Å². The standard InChI is InChI=1S/C30H38O10/c1-16-12-13-20(27(35)39-19-10-8-7-9-11-19)25-29(6,21(33)14-22-30(25,15-37-22)40-18(3)32)26(34)24(38-17(2)31)23(16)28(4,5)36/h7-11,20-22,24-25,33,36H,12-15H2,1-6H3/t20-,21+,22-,24-,25?,29-,30+/m1/s1. The number of hydrogen-bond acceptors (Lipinski definition) is 10. The van der Waals surface area contributed by atoms with Gasteiger partial charge in [-0.3, -0.25) is 19.2 Å². The molecule has 0 bridgehead atoms. The van der Waals surface area contributed by atoms with Crippen LogP contribution in [-0.2, 0) is 33.4 Å². The maximum Gasteiger partial charge on any atom is 0.314 e. The van der Waals surface area contributed by atoms with Crippen molar-refractivity contribution in [2.24, 2.45) is 17.3 Å². The molecule has 2 aliphatic carbocycles. The van der Waals surface area contributed by atoms with Crippen molar-refractivity contribution < 1.29 is 48.3 Å². The lowest BCUT2D eigenvalue weighted by Crippen LogP contribution is -2.77. The Morgan fingerprint density at radius 1 is 1.10 bits per heavy atom. The molecule has 1 unspecified atom stereocenters. The summed E-state index contributed by atoms with van der Waals surface area (Å²) in [6.45, 7) is 8.50. The molecule has 3 aliphatic rings. The first-order chi connectivity index (χ1) is 18.6. The van der Waals surface area contributed by atoms with Gasteiger partial charge in [0.15, 0.2) is 17.5 Å². The quantitative estimate of drug-likeness (QED) is 0.314. The number of allylic oxidation sites excluding steroid dienone is 1. The fraction of sp³-hybridized carbons (Fsp3) is 0.600. The van der Waals surface area contributed by atoms with Gasteiger partial charge in [-0.25, -0.2) is 0 Å². The van der Waals surface area contributed by atoms with Gasteiger partial charge in [-0.15, -0.1) is 0 Å². The van der Waals surface area contributed by atoms with E-state index in [4.69, 9.17) is 18.9 Å². The Balaban J connectivity index is 1.96. The zero-order chi connectivity index (χ0) is 29.6. The summed E-state index contributed by atoms with van der Waals surface area (Å²) in [6, 6.07) is 8.45. The molecule has 10 heteroatoms. The van der Waals surface area contributed by atoms with Crippen molar-refractivity contribution in [3.05, 3.63) is 41.5 Å². The second-order valence-electron chi connectivity index (χ2n) is 11.8. The number of ketones is 1. The number of carbonyl (C=O) groups excluding carboxylic acids is 4. The summed E-state index contributed by atoms with van der Waals surface area (Å²) in [6.07, 6.45) is -3.36. The first kappa shape index (κ1) is 29.9. The summed E-state index contributed by atoms with van der Waals surface area (Å²) in [7, 11) is 0. The van der Waals surface area contributed by atoms with Gasteiger partial charge < -0.3 is 29.2 Å². The summed E-state index contributed by atoms with van der Waals surface area (Å²) >= 11 is 0. The SMILES string of the molecule is CC(=O)O[C@H]1C(=O)[C@@]2(C)C([C@H](C(=O)Oc3ccccc3)CCC(C)=C1C(C)(C)O)[C@]1(OC(C)=O)CO[C@@H]1C[C@@H]2O. The van der Waals surface area contributed by atoms with Crippen LogP contribution in [0.2, 0.25) is 0 Å². The molecule has 0 aromatic heterocycles. The van der Waals surface area contributed by atoms with Crippen molar-refractivity contribution in [1.29, 1.82) is 0 Å². The van der Waals surface area contributed by atoms with Gasteiger partial charge in [-0.1, -0.05) is 23.8 Å². The molecule has 0 spiro atoms. The lowest BCUT2D eigenvalue weighted by molar-refractivity contribution is -0.325. The van der Waals surface area contributed by atoms with Crippen molar-refractivity contribution in [2.45, 2.75) is 90.3 Å². The van der Waals surface area contributed by atoms with E-state index in [2.05, 4.69) is 0 Å². The van der Waals surface area contributed by atoms with Crippen LogP contribution in [0.15, 0.2) is 41.5 Å². The third-order valence-corrected chi connectivity index (χ3v) is 8.62. The van der Waals surface area contributed by atoms with Gasteiger partial charge in [0.05, 0.1) is 29.6 Å². The number of rotatable bonds is 5. The first-order valence-corrected chi connectivity index (χ1v) is 13.5. The van der Waals surface area contributed by atoms with E-state index >= 15 is 0 Å². The van der Waals surface area contributed by atoms with Crippen molar-refractivity contribution in [3.8, 4) is 5.75 Å². The summed E-state index contributed by atoms with van der Waals surface area (Å²) in [5.74, 6) is -4.58. The average Bonchev–Trinajstić information content (AvgIpc) is 2.87. The summed E-state index contributed by atoms with van der Waals surface area (Å²) in [4.78, 5) is 53.3. The van der Waals surface area contributed by atoms with Gasteiger partial charge in [0.2, 0.25) is 0 Å². The number of carbonyl (C=O) groups is 4. The van der Waals surface area contributed by atoms with E-state index in [-0.39, 0.29) is 31.4 Å². The Labute approximate surface area is 233 Å². The maximum atomic E-state index is 14.7. The monoisotopic (exact) mass is 558 g/mol. The Bertz CT molecular complexity index is 1210. The van der Waals surface area contributed by atoms with Gasteiger partial charge in [0.25, 0.3) is 0 Å². The Hall–Kier alpha value is -3.08. The van der Waals surface area contributed by atoms with Crippen LogP contribution >= 0.6 is 0 Å². The first-order valence-electron chi connectivity index (χ1n) is 13.5. The predicted octanol–water partition coefficient (Wildman–Crippen LogP) is 2.68. The Morgan fingerprint density at radius 2 is 1.75 bits per heavy atom. The predicted molar refractivity (Wildman–Crippen MR) is 141 cm³/mol. The van der Waals surface area contributed by atoms with Gasteiger partial charge in [0.1, 0.15) is 11.9 Å². The van der Waals surface area contributed by atoms with Crippen molar-refractivity contribution in [2.75, 3.05) is 6.61 Å². The molecule has 0 radical (unpaired) electrons. The molecule has 4 rings (SSSR count). The van der Waals surface area contributed by atoms with E-state index in [1.807, 2.05) is 0 Å². The van der Waals surface area contributed by atoms with Gasteiger partial charge in [-0.05, 0) is 52.7 Å².